The molecule has 1 N–H and O–H groups in total. The molecule has 0 saturated carbocycles. The highest BCUT2D eigenvalue weighted by molar-refractivity contribution is 7.19. The molecule has 0 spiro atoms. The fourth-order valence-electron chi connectivity index (χ4n) is 3.34. The second kappa shape index (κ2) is 6.89. The van der Waals surface area contributed by atoms with Crippen LogP contribution in [0.15, 0.2) is 71.5 Å². The number of thiophene rings is 1. The molecule has 0 bridgehead atoms. The number of rotatable bonds is 4. The Bertz CT molecular complexity index is 1160. The molecule has 1 aromatic carbocycles. The summed E-state index contributed by atoms with van der Waals surface area (Å²) in [7, 11) is 0. The number of nitrogens with one attached hydrogen (secondary N) is 1. The summed E-state index contributed by atoms with van der Waals surface area (Å²) in [5.74, 6) is 1.41. The van der Waals surface area contributed by atoms with E-state index in [0.717, 1.165) is 21.9 Å². The Kier molecular flexibility index (Phi) is 4.22. The van der Waals surface area contributed by atoms with E-state index in [0.29, 0.717) is 22.3 Å². The summed E-state index contributed by atoms with van der Waals surface area (Å²) in [6.45, 7) is 0. The maximum absolute atomic E-state index is 13.1. The van der Waals surface area contributed by atoms with Crippen LogP contribution >= 0.6 is 22.9 Å². The molecule has 1 aliphatic heterocycles. The second-order valence-corrected chi connectivity index (χ2v) is 8.20. The molecule has 4 heterocycles. The summed E-state index contributed by atoms with van der Waals surface area (Å²) in [4.78, 5) is 18.9. The van der Waals surface area contributed by atoms with Crippen molar-refractivity contribution in [3.05, 3.63) is 77.2 Å². The molecule has 0 amide bonds. The lowest BCUT2D eigenvalue weighted by Gasteiger charge is -2.05. The van der Waals surface area contributed by atoms with E-state index in [4.69, 9.17) is 21.0 Å². The molecule has 1 aliphatic rings. The zero-order chi connectivity index (χ0) is 19.1. The van der Waals surface area contributed by atoms with Crippen LogP contribution in [0, 0.1) is 0 Å². The average Bonchev–Trinajstić information content (AvgIpc) is 3.45. The van der Waals surface area contributed by atoms with Crippen LogP contribution in [0.4, 0.5) is 5.82 Å². The van der Waals surface area contributed by atoms with Crippen LogP contribution in [0.2, 0.25) is 4.34 Å². The van der Waals surface area contributed by atoms with Crippen molar-refractivity contribution in [2.24, 2.45) is 0 Å². The summed E-state index contributed by atoms with van der Waals surface area (Å²) < 4.78 is 7.76. The van der Waals surface area contributed by atoms with Crippen molar-refractivity contribution in [1.82, 2.24) is 4.98 Å². The number of nitrogens with zero attached hydrogens (tertiary/aromatic N) is 2. The van der Waals surface area contributed by atoms with Crippen molar-refractivity contribution >= 4 is 34.7 Å². The highest BCUT2D eigenvalue weighted by atomic mass is 35.5. The Balaban J connectivity index is 1.63. The molecule has 4 aromatic rings. The van der Waals surface area contributed by atoms with Gasteiger partial charge in [-0.15, -0.1) is 11.3 Å². The molecular weight excluding hydrogens is 394 g/mol. The number of hydrogen-bond donors (Lipinski definition) is 1. The van der Waals surface area contributed by atoms with Crippen LogP contribution in [0.25, 0.3) is 21.8 Å². The molecule has 5 rings (SSSR count). The Labute approximate surface area is 170 Å². The molecule has 0 saturated heterocycles. The van der Waals surface area contributed by atoms with Crippen molar-refractivity contribution in [2.75, 3.05) is 5.32 Å². The molecule has 0 fully saturated rings. The predicted octanol–water partition coefficient (Wildman–Crippen LogP) is 4.69. The third-order valence-corrected chi connectivity index (χ3v) is 5.89. The summed E-state index contributed by atoms with van der Waals surface area (Å²) in [5, 5.41) is 3.33. The largest absolute Gasteiger partial charge is 0.469 e. The number of anilines is 1. The monoisotopic (exact) mass is 408 g/mol. The van der Waals surface area contributed by atoms with Gasteiger partial charge in [0, 0.05) is 5.56 Å². The number of furan rings is 1. The highest BCUT2D eigenvalue weighted by Gasteiger charge is 2.42. The van der Waals surface area contributed by atoms with Crippen LogP contribution < -0.4 is 9.88 Å². The SMILES string of the molecule is O=C1C(Cc2ccco2)Nc2c(-c3ccc(Cl)s3)nc(-c3ccccc3)c[n+]21. The Hall–Kier alpha value is -2.96. The van der Waals surface area contributed by atoms with Gasteiger partial charge in [0.25, 0.3) is 0 Å². The number of benzene rings is 1. The first-order valence-electron chi connectivity index (χ1n) is 8.80. The van der Waals surface area contributed by atoms with Crippen molar-refractivity contribution in [3.63, 3.8) is 0 Å². The zero-order valence-corrected chi connectivity index (χ0v) is 16.2. The minimum atomic E-state index is -0.409. The van der Waals surface area contributed by atoms with Crippen LogP contribution in [0.1, 0.15) is 10.6 Å². The summed E-state index contributed by atoms with van der Waals surface area (Å²) in [6, 6.07) is 16.9. The topological polar surface area (TPSA) is 59.0 Å². The van der Waals surface area contributed by atoms with Crippen LogP contribution in [-0.4, -0.2) is 16.9 Å². The predicted molar refractivity (Wildman–Crippen MR) is 109 cm³/mol. The number of aromatic nitrogens is 2. The van der Waals surface area contributed by atoms with Crippen LogP contribution in [0.5, 0.6) is 0 Å². The second-order valence-electron chi connectivity index (χ2n) is 6.48. The highest BCUT2D eigenvalue weighted by Crippen LogP contribution is 2.35. The molecule has 1 atom stereocenters. The molecular formula is C21H15ClN3O2S+. The fourth-order valence-corrected chi connectivity index (χ4v) is 4.37. The summed E-state index contributed by atoms with van der Waals surface area (Å²) in [5.41, 5.74) is 2.40. The first kappa shape index (κ1) is 17.2. The van der Waals surface area contributed by atoms with E-state index < -0.39 is 6.04 Å². The van der Waals surface area contributed by atoms with Gasteiger partial charge in [0.1, 0.15) is 17.7 Å². The smallest absolute Gasteiger partial charge is 0.359 e. The normalized spacial score (nSPS) is 15.5. The number of fused-ring (bicyclic) bond motifs is 1. The van der Waals surface area contributed by atoms with Gasteiger partial charge in [0.2, 0.25) is 6.04 Å². The van der Waals surface area contributed by atoms with Crippen LogP contribution in [-0.2, 0) is 6.42 Å². The molecule has 138 valence electrons. The van der Waals surface area contributed by atoms with Gasteiger partial charge >= 0.3 is 11.7 Å². The van der Waals surface area contributed by atoms with Crippen molar-refractivity contribution in [3.8, 4) is 21.8 Å². The van der Waals surface area contributed by atoms with Gasteiger partial charge in [0.05, 0.1) is 21.9 Å². The van der Waals surface area contributed by atoms with Gasteiger partial charge in [0.15, 0.2) is 5.69 Å². The Morgan fingerprint density at radius 1 is 1.14 bits per heavy atom. The van der Waals surface area contributed by atoms with Crippen molar-refractivity contribution < 1.29 is 13.8 Å². The minimum absolute atomic E-state index is 0.0325. The van der Waals surface area contributed by atoms with Crippen molar-refractivity contribution in [2.45, 2.75) is 12.5 Å². The molecule has 1 unspecified atom stereocenters. The standard InChI is InChI=1S/C21H14ClN3O2S/c22-18-9-8-17(28-18)19-20-24-15(11-14-7-4-10-27-14)21(26)25(20)12-16(23-19)13-5-2-1-3-6-13/h1-10,12,15H,11H2/p+1. The van der Waals surface area contributed by atoms with E-state index in [1.165, 1.54) is 11.3 Å². The van der Waals surface area contributed by atoms with E-state index in [9.17, 15) is 4.79 Å². The van der Waals surface area contributed by atoms with E-state index in [-0.39, 0.29) is 5.91 Å². The van der Waals surface area contributed by atoms with E-state index in [1.54, 1.807) is 17.0 Å². The van der Waals surface area contributed by atoms with E-state index in [2.05, 4.69) is 5.32 Å². The molecule has 0 radical (unpaired) electrons. The maximum Gasteiger partial charge on any atom is 0.359 e. The lowest BCUT2D eigenvalue weighted by molar-refractivity contribution is -0.551. The van der Waals surface area contributed by atoms with Crippen LogP contribution in [0.3, 0.4) is 0 Å². The van der Waals surface area contributed by atoms with Gasteiger partial charge in [-0.3, -0.25) is 5.32 Å². The quantitative estimate of drug-likeness (QED) is 0.498. The van der Waals surface area contributed by atoms with Gasteiger partial charge in [-0.2, -0.15) is 4.57 Å². The minimum Gasteiger partial charge on any atom is -0.469 e. The van der Waals surface area contributed by atoms with Gasteiger partial charge < -0.3 is 4.42 Å². The Morgan fingerprint density at radius 3 is 2.71 bits per heavy atom. The van der Waals surface area contributed by atoms with E-state index in [1.807, 2.05) is 54.6 Å². The Morgan fingerprint density at radius 2 is 2.00 bits per heavy atom. The fraction of sp³-hybridized carbons (Fsp3) is 0.0952. The number of carbonyl (C=O) groups is 1. The molecule has 0 aliphatic carbocycles. The molecule has 7 heteroatoms. The lowest BCUT2D eigenvalue weighted by atomic mass is 10.1. The first-order valence-corrected chi connectivity index (χ1v) is 9.99. The maximum atomic E-state index is 13.1. The van der Waals surface area contributed by atoms with Crippen molar-refractivity contribution in [1.29, 1.82) is 0 Å². The zero-order valence-electron chi connectivity index (χ0n) is 14.6. The third kappa shape index (κ3) is 3.00. The lowest BCUT2D eigenvalue weighted by Crippen LogP contribution is -2.43. The third-order valence-electron chi connectivity index (χ3n) is 4.66. The molecule has 3 aromatic heterocycles. The summed E-state index contributed by atoms with van der Waals surface area (Å²) in [6.07, 6.45) is 3.88. The van der Waals surface area contributed by atoms with Gasteiger partial charge in [-0.25, -0.2) is 9.78 Å². The number of halogens is 1. The average molecular weight is 409 g/mol. The van der Waals surface area contributed by atoms with Gasteiger partial charge in [-0.1, -0.05) is 41.9 Å². The molecule has 28 heavy (non-hydrogen) atoms. The van der Waals surface area contributed by atoms with E-state index >= 15 is 0 Å². The summed E-state index contributed by atoms with van der Waals surface area (Å²) >= 11 is 7.59. The number of carbonyl (C=O) groups excluding carboxylic acids is 1. The molecule has 5 nitrogen and oxygen atoms in total. The number of hydrogen-bond acceptors (Lipinski definition) is 5. The first-order chi connectivity index (χ1) is 13.7. The van der Waals surface area contributed by atoms with Gasteiger partial charge in [-0.05, 0) is 24.3 Å².